The van der Waals surface area contributed by atoms with E-state index in [9.17, 15) is 9.59 Å². The van der Waals surface area contributed by atoms with Crippen molar-refractivity contribution in [2.75, 3.05) is 18.9 Å². The molecule has 0 aromatic heterocycles. The molecule has 0 saturated carbocycles. The zero-order valence-electron chi connectivity index (χ0n) is 12.5. The van der Waals surface area contributed by atoms with E-state index >= 15 is 0 Å². The fourth-order valence-electron chi connectivity index (χ4n) is 2.74. The van der Waals surface area contributed by atoms with Gasteiger partial charge in [-0.25, -0.2) is 0 Å². The first kappa shape index (κ1) is 15.6. The Morgan fingerprint density at radius 2 is 2.35 bits per heavy atom. The zero-order chi connectivity index (χ0) is 14.8. The van der Waals surface area contributed by atoms with Crippen molar-refractivity contribution >= 4 is 23.6 Å². The molecule has 0 aromatic rings. The Balaban J connectivity index is 1.77. The number of hydrogen-bond acceptors (Lipinski definition) is 4. The molecule has 0 aromatic carbocycles. The number of carbonyl (C=O) groups excluding carboxylic acids is 2. The molecule has 2 fully saturated rings. The van der Waals surface area contributed by atoms with E-state index in [1.165, 1.54) is 0 Å². The Morgan fingerprint density at radius 3 is 3.05 bits per heavy atom. The lowest BCUT2D eigenvalue weighted by Gasteiger charge is -2.29. The van der Waals surface area contributed by atoms with Gasteiger partial charge in [0.1, 0.15) is 6.04 Å². The van der Waals surface area contributed by atoms with Gasteiger partial charge in [0, 0.05) is 25.3 Å². The molecule has 2 unspecified atom stereocenters. The second-order valence-corrected chi connectivity index (χ2v) is 7.33. The molecule has 2 rings (SSSR count). The summed E-state index contributed by atoms with van der Waals surface area (Å²) in [4.78, 5) is 25.8. The third-order valence-electron chi connectivity index (χ3n) is 3.82. The molecule has 6 heteroatoms. The second kappa shape index (κ2) is 6.35. The molecule has 0 spiro atoms. The van der Waals surface area contributed by atoms with Gasteiger partial charge in [-0.05, 0) is 33.6 Å². The predicted molar refractivity (Wildman–Crippen MR) is 79.4 cm³/mol. The van der Waals surface area contributed by atoms with Crippen molar-refractivity contribution in [3.63, 3.8) is 0 Å². The number of thioether (sulfide) groups is 1. The van der Waals surface area contributed by atoms with Gasteiger partial charge in [-0.1, -0.05) is 0 Å². The topological polar surface area (TPSA) is 58.6 Å². The number of carbonyl (C=O) groups is 2. The smallest absolute Gasteiger partial charge is 0.243 e. The first-order valence-electron chi connectivity index (χ1n) is 7.29. The van der Waals surface area contributed by atoms with Crippen molar-refractivity contribution in [2.45, 2.75) is 57.1 Å². The molecule has 2 saturated heterocycles. The van der Waals surface area contributed by atoms with Gasteiger partial charge in [0.25, 0.3) is 0 Å². The van der Waals surface area contributed by atoms with E-state index in [0.29, 0.717) is 25.3 Å². The summed E-state index contributed by atoms with van der Waals surface area (Å²) >= 11 is 1.72. The molecular formula is C14H24N2O3S. The first-order valence-corrected chi connectivity index (χ1v) is 8.28. The Morgan fingerprint density at radius 1 is 1.60 bits per heavy atom. The molecule has 2 aliphatic rings. The molecule has 0 aliphatic carbocycles. The summed E-state index contributed by atoms with van der Waals surface area (Å²) in [6, 6.07) is -0.300. The normalized spacial score (nSPS) is 29.1. The molecule has 20 heavy (non-hydrogen) atoms. The van der Waals surface area contributed by atoms with Gasteiger partial charge in [0.05, 0.1) is 11.0 Å². The van der Waals surface area contributed by atoms with Crippen molar-refractivity contribution in [3.8, 4) is 0 Å². The second-order valence-electron chi connectivity index (χ2n) is 5.83. The van der Waals surface area contributed by atoms with E-state index in [0.717, 1.165) is 12.8 Å². The van der Waals surface area contributed by atoms with E-state index in [4.69, 9.17) is 4.74 Å². The number of ether oxygens (including phenoxy) is 1. The van der Waals surface area contributed by atoms with Gasteiger partial charge < -0.3 is 15.0 Å². The molecule has 1 N–H and O–H groups in total. The lowest BCUT2D eigenvalue weighted by molar-refractivity contribution is -0.137. The molecule has 2 heterocycles. The van der Waals surface area contributed by atoms with Gasteiger partial charge in [-0.15, -0.1) is 11.8 Å². The van der Waals surface area contributed by atoms with E-state index in [1.54, 1.807) is 16.7 Å². The lowest BCUT2D eigenvalue weighted by Crippen LogP contribution is -2.50. The standard InChI is InChI=1S/C14H24N2O3S/c1-10(2)19-8-4-7-15-13(18)11-9-20-14(3)6-5-12(17)16(11)14/h10-11H,4-9H2,1-3H3,(H,15,18). The largest absolute Gasteiger partial charge is 0.379 e. The maximum Gasteiger partial charge on any atom is 0.243 e. The maximum absolute atomic E-state index is 12.2. The summed E-state index contributed by atoms with van der Waals surface area (Å²) in [5, 5.41) is 2.92. The van der Waals surface area contributed by atoms with Crippen LogP contribution in [-0.2, 0) is 14.3 Å². The third kappa shape index (κ3) is 3.28. The average Bonchev–Trinajstić information content (AvgIpc) is 2.86. The van der Waals surface area contributed by atoms with E-state index in [1.807, 2.05) is 13.8 Å². The van der Waals surface area contributed by atoms with Crippen LogP contribution in [0.25, 0.3) is 0 Å². The predicted octanol–water partition coefficient (Wildman–Crippen LogP) is 1.37. The van der Waals surface area contributed by atoms with Crippen molar-refractivity contribution in [1.29, 1.82) is 0 Å². The number of fused-ring (bicyclic) bond motifs is 1. The van der Waals surface area contributed by atoms with Crippen LogP contribution in [0.1, 0.15) is 40.0 Å². The third-order valence-corrected chi connectivity index (χ3v) is 5.32. The van der Waals surface area contributed by atoms with Crippen LogP contribution in [0, 0.1) is 0 Å². The Labute approximate surface area is 124 Å². The molecule has 0 radical (unpaired) electrons. The minimum Gasteiger partial charge on any atom is -0.379 e. The Kier molecular flexibility index (Phi) is 4.96. The van der Waals surface area contributed by atoms with E-state index < -0.39 is 0 Å². The van der Waals surface area contributed by atoms with Crippen molar-refractivity contribution in [1.82, 2.24) is 10.2 Å². The van der Waals surface area contributed by atoms with Crippen LogP contribution in [0.2, 0.25) is 0 Å². The van der Waals surface area contributed by atoms with Gasteiger partial charge >= 0.3 is 0 Å². The van der Waals surface area contributed by atoms with Gasteiger partial charge in [-0.3, -0.25) is 9.59 Å². The SMILES string of the molecule is CC(C)OCCCNC(=O)C1CSC2(C)CCC(=O)N12. The number of nitrogens with one attached hydrogen (secondary N) is 1. The first-order chi connectivity index (χ1) is 9.44. The molecule has 114 valence electrons. The zero-order valence-corrected chi connectivity index (χ0v) is 13.3. The highest BCUT2D eigenvalue weighted by molar-refractivity contribution is 8.01. The van der Waals surface area contributed by atoms with Crippen LogP contribution in [0.5, 0.6) is 0 Å². The fraction of sp³-hybridized carbons (Fsp3) is 0.857. The van der Waals surface area contributed by atoms with Crippen LogP contribution in [0.15, 0.2) is 0 Å². The average molecular weight is 300 g/mol. The van der Waals surface area contributed by atoms with E-state index in [-0.39, 0.29) is 28.8 Å². The molecule has 2 amide bonds. The number of nitrogens with zero attached hydrogens (tertiary/aromatic N) is 1. The Hall–Kier alpha value is -0.750. The van der Waals surface area contributed by atoms with Crippen molar-refractivity contribution < 1.29 is 14.3 Å². The summed E-state index contributed by atoms with van der Waals surface area (Å²) < 4.78 is 5.43. The summed E-state index contributed by atoms with van der Waals surface area (Å²) in [5.74, 6) is 0.790. The van der Waals surface area contributed by atoms with Gasteiger partial charge in [0.15, 0.2) is 0 Å². The van der Waals surface area contributed by atoms with Gasteiger partial charge in [-0.2, -0.15) is 0 Å². The highest BCUT2D eigenvalue weighted by Crippen LogP contribution is 2.47. The maximum atomic E-state index is 12.2. The number of rotatable bonds is 6. The molecule has 2 atom stereocenters. The molecule has 5 nitrogen and oxygen atoms in total. The highest BCUT2D eigenvalue weighted by atomic mass is 32.2. The highest BCUT2D eigenvalue weighted by Gasteiger charge is 2.52. The number of hydrogen-bond donors (Lipinski definition) is 1. The van der Waals surface area contributed by atoms with Crippen LogP contribution >= 0.6 is 11.8 Å². The minimum atomic E-state index is -0.300. The molecule has 2 aliphatic heterocycles. The minimum absolute atomic E-state index is 0.0268. The van der Waals surface area contributed by atoms with Crippen molar-refractivity contribution in [2.24, 2.45) is 0 Å². The van der Waals surface area contributed by atoms with Crippen LogP contribution in [0.4, 0.5) is 0 Å². The quantitative estimate of drug-likeness (QED) is 0.753. The van der Waals surface area contributed by atoms with Crippen molar-refractivity contribution in [3.05, 3.63) is 0 Å². The summed E-state index contributed by atoms with van der Waals surface area (Å²) in [6.45, 7) is 7.30. The molecular weight excluding hydrogens is 276 g/mol. The van der Waals surface area contributed by atoms with Crippen LogP contribution < -0.4 is 5.32 Å². The summed E-state index contributed by atoms with van der Waals surface area (Å²) in [6.07, 6.45) is 2.44. The summed E-state index contributed by atoms with van der Waals surface area (Å²) in [5.41, 5.74) is 0. The monoisotopic (exact) mass is 300 g/mol. The van der Waals surface area contributed by atoms with Gasteiger partial charge in [0.2, 0.25) is 11.8 Å². The summed E-state index contributed by atoms with van der Waals surface area (Å²) in [7, 11) is 0. The Bertz CT molecular complexity index is 389. The van der Waals surface area contributed by atoms with Crippen LogP contribution in [-0.4, -0.2) is 52.6 Å². The lowest BCUT2D eigenvalue weighted by atomic mass is 10.2. The van der Waals surface area contributed by atoms with Crippen LogP contribution in [0.3, 0.4) is 0 Å². The van der Waals surface area contributed by atoms with E-state index in [2.05, 4.69) is 12.2 Å². The fourth-order valence-corrected chi connectivity index (χ4v) is 4.17. The number of amides is 2. The molecule has 0 bridgehead atoms.